The molecule has 310 valence electrons. The van der Waals surface area contributed by atoms with Gasteiger partial charge in [-0.15, -0.1) is 0 Å². The van der Waals surface area contributed by atoms with Gasteiger partial charge in [0.1, 0.15) is 17.7 Å². The molecule has 5 nitrogen and oxygen atoms in total. The van der Waals surface area contributed by atoms with Crippen molar-refractivity contribution in [1.29, 1.82) is 5.26 Å². The average Bonchev–Trinajstić information content (AvgIpc) is 3.89. The SMILES string of the molecule is N#Cc1cc(-n2c3ccccc3c3cc(-c4cccc(-c5ccccc5)n4)ccc32)c(-c2c(F)cccc2F)cc1-n1c2ccccc2c2cc(-c3cccc(-c4ccccc4)n3)ccc21. The number of benzene rings is 8. The molecular weight excluding hydrogens is 817 g/mol. The van der Waals surface area contributed by atoms with Gasteiger partial charge < -0.3 is 9.13 Å². The van der Waals surface area contributed by atoms with Gasteiger partial charge in [0.15, 0.2) is 0 Å². The van der Waals surface area contributed by atoms with Crippen LogP contribution in [0, 0.1) is 23.0 Å². The highest BCUT2D eigenvalue weighted by Gasteiger charge is 2.25. The molecule has 0 saturated heterocycles. The molecule has 12 rings (SSSR count). The summed E-state index contributed by atoms with van der Waals surface area (Å²) in [5.74, 6) is -1.42. The molecule has 12 aromatic rings. The largest absolute Gasteiger partial charge is 0.309 e. The Bertz CT molecular complexity index is 3900. The van der Waals surface area contributed by atoms with E-state index in [2.05, 4.69) is 30.3 Å². The minimum atomic E-state index is -0.712. The van der Waals surface area contributed by atoms with Crippen LogP contribution in [0.3, 0.4) is 0 Å². The van der Waals surface area contributed by atoms with E-state index < -0.39 is 11.6 Å². The first-order valence-corrected chi connectivity index (χ1v) is 21.7. The van der Waals surface area contributed by atoms with E-state index in [0.717, 1.165) is 88.6 Å². The third kappa shape index (κ3) is 6.35. The van der Waals surface area contributed by atoms with Gasteiger partial charge in [-0.1, -0.05) is 127 Å². The predicted octanol–water partition coefficient (Wildman–Crippen LogP) is 15.2. The van der Waals surface area contributed by atoms with Crippen LogP contribution in [0.5, 0.6) is 0 Å². The fourth-order valence-electron chi connectivity index (χ4n) is 9.51. The van der Waals surface area contributed by atoms with Gasteiger partial charge in [0.25, 0.3) is 0 Å². The number of halogens is 2. The molecule has 0 aliphatic rings. The molecule has 66 heavy (non-hydrogen) atoms. The van der Waals surface area contributed by atoms with Crippen LogP contribution in [0.1, 0.15) is 5.56 Å². The quantitative estimate of drug-likeness (QED) is 0.160. The third-order valence-corrected chi connectivity index (χ3v) is 12.5. The second kappa shape index (κ2) is 15.7. The summed E-state index contributed by atoms with van der Waals surface area (Å²) in [4.78, 5) is 10.1. The summed E-state index contributed by atoms with van der Waals surface area (Å²) in [5, 5.41) is 14.9. The summed E-state index contributed by atoms with van der Waals surface area (Å²) in [6.07, 6.45) is 0. The van der Waals surface area contributed by atoms with Crippen LogP contribution in [0.4, 0.5) is 8.78 Å². The molecule has 0 bridgehead atoms. The van der Waals surface area contributed by atoms with Crippen LogP contribution in [-0.4, -0.2) is 19.1 Å². The van der Waals surface area contributed by atoms with Gasteiger partial charge in [0.2, 0.25) is 0 Å². The number of aromatic nitrogens is 4. The van der Waals surface area contributed by atoms with Gasteiger partial charge in [-0.25, -0.2) is 18.7 Å². The lowest BCUT2D eigenvalue weighted by molar-refractivity contribution is 0.589. The number of rotatable bonds is 7. The van der Waals surface area contributed by atoms with E-state index in [4.69, 9.17) is 9.97 Å². The molecule has 0 radical (unpaired) electrons. The minimum absolute atomic E-state index is 0.185. The zero-order valence-electron chi connectivity index (χ0n) is 35.2. The van der Waals surface area contributed by atoms with Crippen molar-refractivity contribution in [2.24, 2.45) is 0 Å². The van der Waals surface area contributed by atoms with E-state index in [1.807, 2.05) is 167 Å². The van der Waals surface area contributed by atoms with Crippen molar-refractivity contribution >= 4 is 43.6 Å². The van der Waals surface area contributed by atoms with Crippen molar-refractivity contribution in [3.05, 3.63) is 230 Å². The van der Waals surface area contributed by atoms with E-state index in [0.29, 0.717) is 22.5 Å². The van der Waals surface area contributed by atoms with Crippen LogP contribution < -0.4 is 0 Å². The van der Waals surface area contributed by atoms with Gasteiger partial charge in [0.05, 0.1) is 67.3 Å². The lowest BCUT2D eigenvalue weighted by Crippen LogP contribution is -2.05. The monoisotopic (exact) mass is 851 g/mol. The number of hydrogen-bond acceptors (Lipinski definition) is 3. The van der Waals surface area contributed by atoms with Crippen LogP contribution in [0.25, 0.3) is 111 Å². The molecule has 4 aromatic heterocycles. The molecule has 0 aliphatic carbocycles. The van der Waals surface area contributed by atoms with Crippen molar-refractivity contribution in [3.63, 3.8) is 0 Å². The maximum absolute atomic E-state index is 16.4. The highest BCUT2D eigenvalue weighted by atomic mass is 19.1. The highest BCUT2D eigenvalue weighted by Crippen LogP contribution is 2.43. The van der Waals surface area contributed by atoms with Crippen molar-refractivity contribution in [1.82, 2.24) is 19.1 Å². The fourth-order valence-corrected chi connectivity index (χ4v) is 9.51. The van der Waals surface area contributed by atoms with E-state index >= 15 is 8.78 Å². The normalized spacial score (nSPS) is 11.5. The first-order chi connectivity index (χ1) is 32.5. The topological polar surface area (TPSA) is 59.4 Å². The molecule has 8 aromatic carbocycles. The predicted molar refractivity (Wildman–Crippen MR) is 263 cm³/mol. The Morgan fingerprint density at radius 2 is 0.788 bits per heavy atom. The van der Waals surface area contributed by atoms with Gasteiger partial charge >= 0.3 is 0 Å². The Morgan fingerprint density at radius 1 is 0.364 bits per heavy atom. The summed E-state index contributed by atoms with van der Waals surface area (Å²) >= 11 is 0. The summed E-state index contributed by atoms with van der Waals surface area (Å²) < 4.78 is 36.8. The van der Waals surface area contributed by atoms with Crippen molar-refractivity contribution in [2.45, 2.75) is 0 Å². The molecule has 7 heteroatoms. The minimum Gasteiger partial charge on any atom is -0.309 e. The molecule has 0 spiro atoms. The molecule has 0 atom stereocenters. The molecule has 0 fully saturated rings. The first kappa shape index (κ1) is 38.7. The van der Waals surface area contributed by atoms with Gasteiger partial charge in [-0.05, 0) is 84.9 Å². The second-order valence-corrected chi connectivity index (χ2v) is 16.3. The zero-order chi connectivity index (χ0) is 44.3. The molecule has 0 unspecified atom stereocenters. The third-order valence-electron chi connectivity index (χ3n) is 12.5. The maximum Gasteiger partial charge on any atom is 0.134 e. The molecule has 4 heterocycles. The van der Waals surface area contributed by atoms with Crippen molar-refractivity contribution < 1.29 is 8.78 Å². The summed E-state index contributed by atoms with van der Waals surface area (Å²) in [7, 11) is 0. The number of para-hydroxylation sites is 2. The van der Waals surface area contributed by atoms with E-state index in [1.54, 1.807) is 12.1 Å². The number of nitriles is 1. The van der Waals surface area contributed by atoms with E-state index in [1.165, 1.54) is 18.2 Å². The smallest absolute Gasteiger partial charge is 0.134 e. The molecule has 0 aliphatic heterocycles. The number of nitrogens with zero attached hydrogens (tertiary/aromatic N) is 5. The Kier molecular flexibility index (Phi) is 9.18. The second-order valence-electron chi connectivity index (χ2n) is 16.3. The summed E-state index contributed by atoms with van der Waals surface area (Å²) in [6.45, 7) is 0. The van der Waals surface area contributed by atoms with Crippen LogP contribution in [-0.2, 0) is 0 Å². The first-order valence-electron chi connectivity index (χ1n) is 21.7. The number of pyridine rings is 2. The van der Waals surface area contributed by atoms with Crippen LogP contribution in [0.15, 0.2) is 212 Å². The highest BCUT2D eigenvalue weighted by molar-refractivity contribution is 6.12. The Hall–Kier alpha value is -8.99. The number of hydrogen-bond donors (Lipinski definition) is 0. The maximum atomic E-state index is 16.4. The summed E-state index contributed by atoms with van der Waals surface area (Å²) in [5.41, 5.74) is 12.0. The lowest BCUT2D eigenvalue weighted by Gasteiger charge is -2.19. The number of fused-ring (bicyclic) bond motifs is 6. The van der Waals surface area contributed by atoms with Crippen LogP contribution >= 0.6 is 0 Å². The molecule has 0 N–H and O–H groups in total. The zero-order valence-corrected chi connectivity index (χ0v) is 35.2. The van der Waals surface area contributed by atoms with Gasteiger partial charge in [-0.2, -0.15) is 5.26 Å². The van der Waals surface area contributed by atoms with Gasteiger partial charge in [0, 0.05) is 49.4 Å². The van der Waals surface area contributed by atoms with E-state index in [9.17, 15) is 5.26 Å². The lowest BCUT2D eigenvalue weighted by atomic mass is 9.98. The Morgan fingerprint density at radius 3 is 1.29 bits per heavy atom. The van der Waals surface area contributed by atoms with Gasteiger partial charge in [-0.3, -0.25) is 0 Å². The fraction of sp³-hybridized carbons (Fsp3) is 0. The average molecular weight is 852 g/mol. The molecule has 0 amide bonds. The van der Waals surface area contributed by atoms with Crippen molar-refractivity contribution in [2.75, 3.05) is 0 Å². The van der Waals surface area contributed by atoms with Crippen molar-refractivity contribution in [3.8, 4) is 73.6 Å². The van der Waals surface area contributed by atoms with Crippen LogP contribution in [0.2, 0.25) is 0 Å². The molecule has 0 saturated carbocycles. The van der Waals surface area contributed by atoms with E-state index in [-0.39, 0.29) is 5.56 Å². The standard InChI is InChI=1S/C59H35F2N5/c60-47-20-11-21-48(61)59(47)46-35-57(65-53-26-9-7-18-42(53)44-32-39(28-30-55(44)65)51-24-12-22-49(63-51)37-14-3-1-4-15-37)41(36-62)34-58(46)66-54-27-10-8-19-43(54)45-33-40(29-31-56(45)66)52-25-13-23-50(64-52)38-16-5-2-6-17-38/h1-35H. The Balaban J connectivity index is 1.08. The Labute approximate surface area is 378 Å². The molecular formula is C59H35F2N5. The summed E-state index contributed by atoms with van der Waals surface area (Å²) in [6, 6.07) is 70.5.